The molecule has 22 heavy (non-hydrogen) atoms. The minimum absolute atomic E-state index is 0.0548. The lowest BCUT2D eigenvalue weighted by molar-refractivity contribution is -0.142. The van der Waals surface area contributed by atoms with Crippen LogP contribution in [0.15, 0.2) is 18.2 Å². The average Bonchev–Trinajstić information content (AvgIpc) is 2.42. The van der Waals surface area contributed by atoms with Crippen molar-refractivity contribution >= 4 is 35.1 Å². The Morgan fingerprint density at radius 2 is 1.86 bits per heavy atom. The minimum Gasteiger partial charge on any atom is -0.480 e. The van der Waals surface area contributed by atoms with Crippen LogP contribution in [0.1, 0.15) is 25.8 Å². The Bertz CT molecular complexity index is 516. The van der Waals surface area contributed by atoms with Gasteiger partial charge in [-0.2, -0.15) is 0 Å². The number of carbonyl (C=O) groups is 2. The summed E-state index contributed by atoms with van der Waals surface area (Å²) in [6, 6.07) is 3.72. The van der Waals surface area contributed by atoms with Gasteiger partial charge in [-0.15, -0.1) is 0 Å². The molecule has 0 radical (unpaired) electrons. The summed E-state index contributed by atoms with van der Waals surface area (Å²) in [4.78, 5) is 23.0. The SMILES string of the molecule is CCC(C)OCC(=O)NC(Cc1cc(Cl)cc(Cl)c1)C(=O)O. The maximum atomic E-state index is 11.8. The second-order valence-electron chi connectivity index (χ2n) is 4.97. The highest BCUT2D eigenvalue weighted by Gasteiger charge is 2.21. The lowest BCUT2D eigenvalue weighted by Crippen LogP contribution is -2.44. The van der Waals surface area contributed by atoms with Crippen LogP contribution in [0.3, 0.4) is 0 Å². The molecular formula is C15H19Cl2NO4. The normalized spacial score (nSPS) is 13.5. The Morgan fingerprint density at radius 3 is 2.36 bits per heavy atom. The molecule has 0 bridgehead atoms. The number of benzene rings is 1. The van der Waals surface area contributed by atoms with Crippen molar-refractivity contribution in [3.05, 3.63) is 33.8 Å². The van der Waals surface area contributed by atoms with Crippen LogP contribution in [0.25, 0.3) is 0 Å². The summed E-state index contributed by atoms with van der Waals surface area (Å²) in [6.07, 6.45) is 0.808. The van der Waals surface area contributed by atoms with E-state index < -0.39 is 17.9 Å². The number of carboxylic acids is 1. The molecule has 0 aliphatic heterocycles. The Balaban J connectivity index is 2.65. The molecule has 0 aliphatic rings. The van der Waals surface area contributed by atoms with Crippen LogP contribution in [0, 0.1) is 0 Å². The van der Waals surface area contributed by atoms with Crippen molar-refractivity contribution in [2.45, 2.75) is 38.8 Å². The molecule has 0 saturated carbocycles. The molecule has 2 unspecified atom stereocenters. The van der Waals surface area contributed by atoms with Crippen LogP contribution in [0.4, 0.5) is 0 Å². The highest BCUT2D eigenvalue weighted by molar-refractivity contribution is 6.34. The smallest absolute Gasteiger partial charge is 0.326 e. The van der Waals surface area contributed by atoms with E-state index >= 15 is 0 Å². The van der Waals surface area contributed by atoms with Gasteiger partial charge in [0, 0.05) is 16.5 Å². The number of nitrogens with one attached hydrogen (secondary N) is 1. The Labute approximate surface area is 139 Å². The number of hydrogen-bond acceptors (Lipinski definition) is 3. The molecule has 2 atom stereocenters. The summed E-state index contributed by atoms with van der Waals surface area (Å²) in [5, 5.41) is 12.5. The average molecular weight is 348 g/mol. The second kappa shape index (κ2) is 8.98. The number of halogens is 2. The third kappa shape index (κ3) is 6.64. The minimum atomic E-state index is -1.13. The van der Waals surface area contributed by atoms with Gasteiger partial charge < -0.3 is 15.2 Å². The lowest BCUT2D eigenvalue weighted by Gasteiger charge is -2.16. The summed E-state index contributed by atoms with van der Waals surface area (Å²) in [5.41, 5.74) is 0.632. The number of hydrogen-bond donors (Lipinski definition) is 2. The third-order valence-corrected chi connectivity index (χ3v) is 3.51. The fourth-order valence-electron chi connectivity index (χ4n) is 1.74. The first-order valence-electron chi connectivity index (χ1n) is 6.90. The monoisotopic (exact) mass is 347 g/mol. The van der Waals surface area contributed by atoms with Crippen LogP contribution in [-0.4, -0.2) is 35.7 Å². The van der Waals surface area contributed by atoms with E-state index in [-0.39, 0.29) is 19.1 Å². The van der Waals surface area contributed by atoms with Gasteiger partial charge in [0.25, 0.3) is 0 Å². The summed E-state index contributed by atoms with van der Waals surface area (Å²) in [7, 11) is 0. The largest absolute Gasteiger partial charge is 0.480 e. The first kappa shape index (κ1) is 18.7. The van der Waals surface area contributed by atoms with Gasteiger partial charge in [-0.1, -0.05) is 30.1 Å². The Hall–Kier alpha value is -1.30. The van der Waals surface area contributed by atoms with E-state index in [0.717, 1.165) is 6.42 Å². The van der Waals surface area contributed by atoms with E-state index in [1.54, 1.807) is 18.2 Å². The van der Waals surface area contributed by atoms with Crippen molar-refractivity contribution in [3.63, 3.8) is 0 Å². The Kier molecular flexibility index (Phi) is 7.65. The zero-order chi connectivity index (χ0) is 16.7. The van der Waals surface area contributed by atoms with Gasteiger partial charge >= 0.3 is 5.97 Å². The van der Waals surface area contributed by atoms with Crippen molar-refractivity contribution in [1.82, 2.24) is 5.32 Å². The zero-order valence-electron chi connectivity index (χ0n) is 12.4. The molecule has 2 N–H and O–H groups in total. The predicted octanol–water partition coefficient (Wildman–Crippen LogP) is 2.92. The van der Waals surface area contributed by atoms with Gasteiger partial charge in [-0.05, 0) is 37.1 Å². The zero-order valence-corrected chi connectivity index (χ0v) is 13.9. The van der Waals surface area contributed by atoms with Gasteiger partial charge in [-0.25, -0.2) is 4.79 Å². The number of carboxylic acid groups (broad SMARTS) is 1. The Morgan fingerprint density at radius 1 is 1.27 bits per heavy atom. The molecule has 0 spiro atoms. The van der Waals surface area contributed by atoms with E-state index in [2.05, 4.69) is 5.32 Å². The molecule has 0 aliphatic carbocycles. The lowest BCUT2D eigenvalue weighted by atomic mass is 10.1. The van der Waals surface area contributed by atoms with Gasteiger partial charge in [-0.3, -0.25) is 4.79 Å². The molecular weight excluding hydrogens is 329 g/mol. The third-order valence-electron chi connectivity index (χ3n) is 3.07. The van der Waals surface area contributed by atoms with Crippen LogP contribution < -0.4 is 5.32 Å². The quantitative estimate of drug-likeness (QED) is 0.757. The number of rotatable bonds is 8. The number of ether oxygens (including phenoxy) is 1. The summed E-state index contributed by atoms with van der Waals surface area (Å²) in [6.45, 7) is 3.61. The molecule has 0 heterocycles. The molecule has 7 heteroatoms. The number of carbonyl (C=O) groups excluding carboxylic acids is 1. The molecule has 1 aromatic rings. The van der Waals surface area contributed by atoms with Gasteiger partial charge in [0.1, 0.15) is 12.6 Å². The molecule has 0 saturated heterocycles. The molecule has 1 amide bonds. The predicted molar refractivity (Wildman–Crippen MR) is 85.4 cm³/mol. The van der Waals surface area contributed by atoms with Crippen LogP contribution >= 0.6 is 23.2 Å². The topological polar surface area (TPSA) is 75.6 Å². The van der Waals surface area contributed by atoms with E-state index in [4.69, 9.17) is 27.9 Å². The van der Waals surface area contributed by atoms with E-state index in [1.165, 1.54) is 0 Å². The van der Waals surface area contributed by atoms with Gasteiger partial charge in [0.2, 0.25) is 5.91 Å². The van der Waals surface area contributed by atoms with Crippen molar-refractivity contribution in [2.75, 3.05) is 6.61 Å². The summed E-state index contributed by atoms with van der Waals surface area (Å²) in [5.74, 6) is -1.60. The van der Waals surface area contributed by atoms with E-state index in [0.29, 0.717) is 15.6 Å². The van der Waals surface area contributed by atoms with Crippen molar-refractivity contribution in [3.8, 4) is 0 Å². The highest BCUT2D eigenvalue weighted by Crippen LogP contribution is 2.20. The highest BCUT2D eigenvalue weighted by atomic mass is 35.5. The van der Waals surface area contributed by atoms with Crippen LogP contribution in [-0.2, 0) is 20.7 Å². The maximum Gasteiger partial charge on any atom is 0.326 e. The van der Waals surface area contributed by atoms with Gasteiger partial charge in [0.15, 0.2) is 0 Å². The number of aliphatic carboxylic acids is 1. The first-order chi connectivity index (χ1) is 10.3. The fraction of sp³-hybridized carbons (Fsp3) is 0.467. The van der Waals surface area contributed by atoms with Crippen LogP contribution in [0.2, 0.25) is 10.0 Å². The van der Waals surface area contributed by atoms with Crippen molar-refractivity contribution < 1.29 is 19.4 Å². The van der Waals surface area contributed by atoms with E-state index in [9.17, 15) is 14.7 Å². The molecule has 122 valence electrons. The molecule has 0 fully saturated rings. The van der Waals surface area contributed by atoms with E-state index in [1.807, 2.05) is 13.8 Å². The summed E-state index contributed by atoms with van der Waals surface area (Å²) >= 11 is 11.8. The first-order valence-corrected chi connectivity index (χ1v) is 7.66. The van der Waals surface area contributed by atoms with Gasteiger partial charge in [0.05, 0.1) is 6.10 Å². The molecule has 1 rings (SSSR count). The molecule has 5 nitrogen and oxygen atoms in total. The van der Waals surface area contributed by atoms with Crippen molar-refractivity contribution in [2.24, 2.45) is 0 Å². The standard InChI is InChI=1S/C15H19Cl2NO4/c1-3-9(2)22-8-14(19)18-13(15(20)21)6-10-4-11(16)7-12(17)5-10/h4-5,7,9,13H,3,6,8H2,1-2H3,(H,18,19)(H,20,21). The van der Waals surface area contributed by atoms with Crippen molar-refractivity contribution in [1.29, 1.82) is 0 Å². The number of amides is 1. The maximum absolute atomic E-state index is 11.8. The fourth-order valence-corrected chi connectivity index (χ4v) is 2.31. The summed E-state index contributed by atoms with van der Waals surface area (Å²) < 4.78 is 5.27. The molecule has 1 aromatic carbocycles. The second-order valence-corrected chi connectivity index (χ2v) is 5.84. The van der Waals surface area contributed by atoms with Crippen LogP contribution in [0.5, 0.6) is 0 Å². The molecule has 0 aromatic heterocycles.